The van der Waals surface area contributed by atoms with Gasteiger partial charge in [0.25, 0.3) is 0 Å². The highest BCUT2D eigenvalue weighted by atomic mass is 16.1. The summed E-state index contributed by atoms with van der Waals surface area (Å²) in [5.41, 5.74) is 3.77. The second-order valence-electron chi connectivity index (χ2n) is 8.81. The highest BCUT2D eigenvalue weighted by molar-refractivity contribution is 5.89. The monoisotopic (exact) mass is 445 g/mol. The predicted molar refractivity (Wildman–Crippen MR) is 127 cm³/mol. The molecule has 0 saturated heterocycles. The molecule has 4 aromatic heterocycles. The van der Waals surface area contributed by atoms with Crippen LogP contribution in [0.2, 0.25) is 0 Å². The SMILES string of the molecule is CNc1nc(NC2CCC(C)(NC(C)=O)CC2)nn2ccc(-c3ccc4nccnc4n3)c12. The molecule has 0 bridgehead atoms. The topological polar surface area (TPSA) is 122 Å². The molecule has 33 heavy (non-hydrogen) atoms. The number of nitrogens with zero attached hydrogens (tertiary/aromatic N) is 6. The summed E-state index contributed by atoms with van der Waals surface area (Å²) in [7, 11) is 1.85. The van der Waals surface area contributed by atoms with Crippen molar-refractivity contribution in [1.29, 1.82) is 0 Å². The summed E-state index contributed by atoms with van der Waals surface area (Å²) in [5, 5.41) is 14.5. The molecular weight excluding hydrogens is 418 g/mol. The van der Waals surface area contributed by atoms with Gasteiger partial charge in [0.15, 0.2) is 11.5 Å². The number of carbonyl (C=O) groups is 1. The van der Waals surface area contributed by atoms with E-state index in [0.29, 0.717) is 17.4 Å². The fourth-order valence-electron chi connectivity index (χ4n) is 4.60. The van der Waals surface area contributed by atoms with Gasteiger partial charge in [0.1, 0.15) is 11.0 Å². The van der Waals surface area contributed by atoms with E-state index < -0.39 is 0 Å². The normalized spacial score (nSPS) is 20.6. The summed E-state index contributed by atoms with van der Waals surface area (Å²) < 4.78 is 1.82. The molecule has 1 fully saturated rings. The van der Waals surface area contributed by atoms with Crippen LogP contribution in [0.4, 0.5) is 11.8 Å². The second kappa shape index (κ2) is 8.27. The Morgan fingerprint density at radius 2 is 1.91 bits per heavy atom. The summed E-state index contributed by atoms with van der Waals surface area (Å²) in [6, 6.07) is 6.09. The summed E-state index contributed by atoms with van der Waals surface area (Å²) in [6.07, 6.45) is 8.91. The van der Waals surface area contributed by atoms with Crippen LogP contribution >= 0.6 is 0 Å². The third-order valence-corrected chi connectivity index (χ3v) is 6.26. The van der Waals surface area contributed by atoms with Crippen LogP contribution in [-0.2, 0) is 4.79 Å². The largest absolute Gasteiger partial charge is 0.371 e. The number of hydrogen-bond donors (Lipinski definition) is 3. The quantitative estimate of drug-likeness (QED) is 0.428. The molecule has 4 heterocycles. The van der Waals surface area contributed by atoms with Gasteiger partial charge in [-0.1, -0.05) is 0 Å². The number of rotatable bonds is 5. The number of aromatic nitrogens is 6. The summed E-state index contributed by atoms with van der Waals surface area (Å²) in [4.78, 5) is 29.5. The van der Waals surface area contributed by atoms with Gasteiger partial charge in [-0.2, -0.15) is 4.98 Å². The molecule has 1 aliphatic rings. The van der Waals surface area contributed by atoms with Crippen molar-refractivity contribution in [2.45, 2.75) is 51.1 Å². The highest BCUT2D eigenvalue weighted by Gasteiger charge is 2.32. The number of carbonyl (C=O) groups excluding carboxylic acids is 1. The minimum Gasteiger partial charge on any atom is -0.371 e. The Kier molecular flexibility index (Phi) is 5.27. The second-order valence-corrected chi connectivity index (χ2v) is 8.81. The van der Waals surface area contributed by atoms with Crippen LogP contribution in [0.15, 0.2) is 36.8 Å². The Balaban J connectivity index is 1.41. The Morgan fingerprint density at radius 1 is 1.12 bits per heavy atom. The van der Waals surface area contributed by atoms with Gasteiger partial charge in [0.2, 0.25) is 11.9 Å². The lowest BCUT2D eigenvalue weighted by atomic mass is 9.81. The smallest absolute Gasteiger partial charge is 0.243 e. The Morgan fingerprint density at radius 3 is 2.67 bits per heavy atom. The van der Waals surface area contributed by atoms with Crippen molar-refractivity contribution in [3.63, 3.8) is 0 Å². The highest BCUT2D eigenvalue weighted by Crippen LogP contribution is 2.32. The van der Waals surface area contributed by atoms with Gasteiger partial charge in [-0.3, -0.25) is 9.78 Å². The van der Waals surface area contributed by atoms with E-state index in [1.54, 1.807) is 19.3 Å². The molecule has 170 valence electrons. The number of pyridine rings is 1. The van der Waals surface area contributed by atoms with Crippen LogP contribution in [-0.4, -0.2) is 54.1 Å². The fraction of sp³-hybridized carbons (Fsp3) is 0.391. The fourth-order valence-corrected chi connectivity index (χ4v) is 4.60. The van der Waals surface area contributed by atoms with Crippen molar-refractivity contribution >= 4 is 34.4 Å². The lowest BCUT2D eigenvalue weighted by molar-refractivity contribution is -0.121. The Labute approximate surface area is 191 Å². The maximum atomic E-state index is 11.5. The molecule has 0 unspecified atom stereocenters. The molecule has 5 rings (SSSR count). The first-order chi connectivity index (χ1) is 15.9. The third kappa shape index (κ3) is 4.15. The molecule has 0 atom stereocenters. The van der Waals surface area contributed by atoms with Gasteiger partial charge >= 0.3 is 0 Å². The van der Waals surface area contributed by atoms with E-state index in [1.807, 2.05) is 36.0 Å². The molecular formula is C23H27N9O. The molecule has 0 aromatic carbocycles. The van der Waals surface area contributed by atoms with E-state index in [9.17, 15) is 4.79 Å². The zero-order valence-electron chi connectivity index (χ0n) is 19.0. The molecule has 1 saturated carbocycles. The molecule has 10 heteroatoms. The van der Waals surface area contributed by atoms with Gasteiger partial charge in [-0.05, 0) is 50.8 Å². The first-order valence-electron chi connectivity index (χ1n) is 11.1. The minimum absolute atomic E-state index is 0.0210. The van der Waals surface area contributed by atoms with Gasteiger partial charge in [0, 0.05) is 49.7 Å². The number of nitrogens with one attached hydrogen (secondary N) is 3. The van der Waals surface area contributed by atoms with E-state index in [0.717, 1.165) is 48.0 Å². The summed E-state index contributed by atoms with van der Waals surface area (Å²) in [5.74, 6) is 1.31. The zero-order chi connectivity index (χ0) is 23.0. The lowest BCUT2D eigenvalue weighted by Crippen LogP contribution is -2.49. The predicted octanol–water partition coefficient (Wildman–Crippen LogP) is 3.03. The molecule has 0 spiro atoms. The van der Waals surface area contributed by atoms with E-state index in [1.165, 1.54) is 0 Å². The molecule has 10 nitrogen and oxygen atoms in total. The average Bonchev–Trinajstić information content (AvgIpc) is 3.23. The van der Waals surface area contributed by atoms with Crippen LogP contribution in [0.3, 0.4) is 0 Å². The van der Waals surface area contributed by atoms with E-state index in [4.69, 9.17) is 10.1 Å². The van der Waals surface area contributed by atoms with Crippen molar-refractivity contribution in [2.75, 3.05) is 17.7 Å². The Bertz CT molecular complexity index is 1320. The lowest BCUT2D eigenvalue weighted by Gasteiger charge is -2.38. The van der Waals surface area contributed by atoms with E-state index in [2.05, 4.69) is 37.8 Å². The Hall–Kier alpha value is -3.82. The maximum Gasteiger partial charge on any atom is 0.243 e. The number of fused-ring (bicyclic) bond motifs is 2. The van der Waals surface area contributed by atoms with Gasteiger partial charge in [-0.15, -0.1) is 5.10 Å². The van der Waals surface area contributed by atoms with Crippen LogP contribution < -0.4 is 16.0 Å². The van der Waals surface area contributed by atoms with Crippen molar-refractivity contribution in [2.24, 2.45) is 0 Å². The molecule has 0 radical (unpaired) electrons. The first kappa shape index (κ1) is 21.0. The van der Waals surface area contributed by atoms with Crippen LogP contribution in [0.25, 0.3) is 27.9 Å². The van der Waals surface area contributed by atoms with E-state index >= 15 is 0 Å². The van der Waals surface area contributed by atoms with Crippen molar-refractivity contribution in [3.8, 4) is 11.3 Å². The van der Waals surface area contributed by atoms with Crippen molar-refractivity contribution in [1.82, 2.24) is 34.9 Å². The van der Waals surface area contributed by atoms with Crippen molar-refractivity contribution in [3.05, 3.63) is 36.8 Å². The maximum absolute atomic E-state index is 11.5. The molecule has 4 aromatic rings. The first-order valence-corrected chi connectivity index (χ1v) is 11.1. The zero-order valence-corrected chi connectivity index (χ0v) is 19.0. The minimum atomic E-state index is -0.141. The average molecular weight is 446 g/mol. The summed E-state index contributed by atoms with van der Waals surface area (Å²) >= 11 is 0. The molecule has 1 aliphatic carbocycles. The number of amides is 1. The van der Waals surface area contributed by atoms with Gasteiger partial charge in [0.05, 0.1) is 5.69 Å². The number of hydrogen-bond acceptors (Lipinski definition) is 8. The van der Waals surface area contributed by atoms with Crippen LogP contribution in [0.1, 0.15) is 39.5 Å². The van der Waals surface area contributed by atoms with Crippen molar-refractivity contribution < 1.29 is 4.79 Å². The summed E-state index contributed by atoms with van der Waals surface area (Å²) in [6.45, 7) is 3.68. The molecule has 1 amide bonds. The molecule has 3 N–H and O–H groups in total. The van der Waals surface area contributed by atoms with Crippen LogP contribution in [0.5, 0.6) is 0 Å². The van der Waals surface area contributed by atoms with Gasteiger partial charge < -0.3 is 16.0 Å². The molecule has 0 aliphatic heterocycles. The van der Waals surface area contributed by atoms with Crippen LogP contribution in [0, 0.1) is 0 Å². The number of anilines is 2. The van der Waals surface area contributed by atoms with Gasteiger partial charge in [-0.25, -0.2) is 14.5 Å². The standard InChI is InChI=1S/C23H27N9O/c1-14(33)30-23(2)9-6-15(7-10-23)27-22-29-21(24-3)19-16(8-13-32(19)31-22)17-4-5-18-20(28-17)26-12-11-25-18/h4-5,8,11-13,15H,6-7,9-10H2,1-3H3,(H,30,33)(H2,24,27,29,31). The third-order valence-electron chi connectivity index (χ3n) is 6.26. The van der Waals surface area contributed by atoms with E-state index in [-0.39, 0.29) is 17.5 Å².